The molecule has 9 heteroatoms. The summed E-state index contributed by atoms with van der Waals surface area (Å²) in [6, 6.07) is 4.95. The van der Waals surface area contributed by atoms with E-state index in [1.807, 2.05) is 6.07 Å². The summed E-state index contributed by atoms with van der Waals surface area (Å²) in [5.74, 6) is -0.294. The zero-order valence-electron chi connectivity index (χ0n) is 17.7. The van der Waals surface area contributed by atoms with Crippen LogP contribution in [0.4, 0.5) is 0 Å². The van der Waals surface area contributed by atoms with Crippen LogP contribution < -0.4 is 10.6 Å². The molecule has 1 saturated heterocycles. The Bertz CT molecular complexity index is 724. The Labute approximate surface area is 182 Å². The predicted molar refractivity (Wildman–Crippen MR) is 114 cm³/mol. The smallest absolute Gasteiger partial charge is 0.226 e. The van der Waals surface area contributed by atoms with E-state index in [4.69, 9.17) is 9.47 Å². The van der Waals surface area contributed by atoms with Crippen LogP contribution in [0.1, 0.15) is 18.5 Å². The van der Waals surface area contributed by atoms with E-state index in [-0.39, 0.29) is 31.3 Å². The van der Waals surface area contributed by atoms with Gasteiger partial charge < -0.3 is 25.2 Å². The van der Waals surface area contributed by atoms with Gasteiger partial charge in [-0.2, -0.15) is 0 Å². The summed E-state index contributed by atoms with van der Waals surface area (Å²) < 4.78 is 11.1. The monoisotopic (exact) mass is 432 g/mol. The molecule has 3 heterocycles. The third-order valence-electron chi connectivity index (χ3n) is 5.32. The number of morpholine rings is 1. The first-order valence-electron chi connectivity index (χ1n) is 10.8. The molecular weight excluding hydrogens is 400 g/mol. The summed E-state index contributed by atoms with van der Waals surface area (Å²) in [7, 11) is 0. The van der Waals surface area contributed by atoms with Crippen molar-refractivity contribution in [3.63, 3.8) is 0 Å². The van der Waals surface area contributed by atoms with Crippen molar-refractivity contribution in [2.24, 2.45) is 0 Å². The largest absolute Gasteiger partial charge is 0.394 e. The second-order valence-electron chi connectivity index (χ2n) is 7.73. The van der Waals surface area contributed by atoms with Gasteiger partial charge in [0.15, 0.2) is 0 Å². The Hall–Kier alpha value is -2.33. The number of aliphatic hydroxyl groups excluding tert-OH is 1. The molecule has 3 N–H and O–H groups in total. The van der Waals surface area contributed by atoms with Crippen LogP contribution in [0.15, 0.2) is 36.5 Å². The number of nitrogens with one attached hydrogen (secondary N) is 2. The third-order valence-corrected chi connectivity index (χ3v) is 5.32. The lowest BCUT2D eigenvalue weighted by Gasteiger charge is -2.31. The molecule has 0 aromatic carbocycles. The molecule has 170 valence electrons. The zero-order chi connectivity index (χ0) is 21.9. The van der Waals surface area contributed by atoms with Crippen LogP contribution in [-0.4, -0.2) is 91.1 Å². The fraction of sp³-hybridized carbons (Fsp3) is 0.591. The van der Waals surface area contributed by atoms with E-state index in [1.54, 1.807) is 30.5 Å². The predicted octanol–water partition coefficient (Wildman–Crippen LogP) is -0.347. The maximum atomic E-state index is 12.3. The number of amides is 2. The van der Waals surface area contributed by atoms with Gasteiger partial charge in [0.25, 0.3) is 0 Å². The summed E-state index contributed by atoms with van der Waals surface area (Å²) in [5, 5.41) is 15.5. The minimum absolute atomic E-state index is 0.0917. The van der Waals surface area contributed by atoms with Gasteiger partial charge in [-0.3, -0.25) is 19.5 Å². The average molecular weight is 433 g/mol. The molecule has 3 rings (SSSR count). The lowest BCUT2D eigenvalue weighted by atomic mass is 10.0. The number of hydrogen-bond donors (Lipinski definition) is 3. The van der Waals surface area contributed by atoms with Crippen molar-refractivity contribution in [2.45, 2.75) is 37.5 Å². The number of nitrogens with zero attached hydrogens (tertiary/aromatic N) is 2. The molecule has 1 aromatic rings. The average Bonchev–Trinajstić information content (AvgIpc) is 2.79. The molecule has 3 atom stereocenters. The van der Waals surface area contributed by atoms with Gasteiger partial charge in [0.2, 0.25) is 11.8 Å². The number of aromatic nitrogens is 1. The fourth-order valence-electron chi connectivity index (χ4n) is 3.65. The highest BCUT2D eigenvalue weighted by atomic mass is 16.5. The van der Waals surface area contributed by atoms with Crippen molar-refractivity contribution < 1.29 is 24.2 Å². The molecule has 0 spiro atoms. The van der Waals surface area contributed by atoms with Crippen LogP contribution in [0.2, 0.25) is 0 Å². The number of carbonyl (C=O) groups excluding carboxylic acids is 2. The molecule has 2 aliphatic rings. The summed E-state index contributed by atoms with van der Waals surface area (Å²) in [6.07, 6.45) is 5.39. The number of hydrogen-bond acceptors (Lipinski definition) is 7. The van der Waals surface area contributed by atoms with Crippen molar-refractivity contribution in [3.05, 3.63) is 42.2 Å². The molecule has 0 aliphatic carbocycles. The minimum atomic E-state index is -0.600. The number of rotatable bonds is 10. The van der Waals surface area contributed by atoms with Crippen molar-refractivity contribution in [2.75, 3.05) is 46.0 Å². The second kappa shape index (κ2) is 12.5. The van der Waals surface area contributed by atoms with E-state index in [9.17, 15) is 14.7 Å². The second-order valence-corrected chi connectivity index (χ2v) is 7.73. The van der Waals surface area contributed by atoms with E-state index in [0.717, 1.165) is 39.3 Å². The molecule has 0 saturated carbocycles. The van der Waals surface area contributed by atoms with Gasteiger partial charge in [-0.1, -0.05) is 18.2 Å². The van der Waals surface area contributed by atoms with Crippen LogP contribution in [0.5, 0.6) is 0 Å². The fourth-order valence-corrected chi connectivity index (χ4v) is 3.65. The maximum Gasteiger partial charge on any atom is 0.226 e. The quantitative estimate of drug-likeness (QED) is 0.342. The number of aliphatic hydroxyl groups is 1. The van der Waals surface area contributed by atoms with Gasteiger partial charge in [0, 0.05) is 31.5 Å². The van der Waals surface area contributed by atoms with Gasteiger partial charge in [-0.15, -0.1) is 0 Å². The molecule has 1 fully saturated rings. The van der Waals surface area contributed by atoms with E-state index >= 15 is 0 Å². The van der Waals surface area contributed by atoms with Crippen LogP contribution in [0.25, 0.3) is 0 Å². The maximum absolute atomic E-state index is 12.3. The SMILES string of the molecule is O=C(C[C@H]1C=C[C@H](NC(=O)Cc2ccccn2)[C@H](CO)O1)NCCCN1CCOCC1. The molecule has 0 bridgehead atoms. The Balaban J connectivity index is 1.37. The molecule has 0 radical (unpaired) electrons. The minimum Gasteiger partial charge on any atom is -0.394 e. The van der Waals surface area contributed by atoms with Gasteiger partial charge >= 0.3 is 0 Å². The number of ether oxygens (including phenoxy) is 2. The van der Waals surface area contributed by atoms with Crippen molar-refractivity contribution >= 4 is 11.8 Å². The zero-order valence-corrected chi connectivity index (χ0v) is 17.7. The normalized spacial score (nSPS) is 24.0. The van der Waals surface area contributed by atoms with Gasteiger partial charge in [0.05, 0.1) is 44.8 Å². The molecule has 2 amide bonds. The first-order chi connectivity index (χ1) is 15.1. The molecule has 1 aromatic heterocycles. The molecule has 2 aliphatic heterocycles. The van der Waals surface area contributed by atoms with Gasteiger partial charge in [-0.25, -0.2) is 0 Å². The van der Waals surface area contributed by atoms with Crippen molar-refractivity contribution in [1.82, 2.24) is 20.5 Å². The third kappa shape index (κ3) is 8.02. The highest BCUT2D eigenvalue weighted by molar-refractivity contribution is 5.79. The van der Waals surface area contributed by atoms with Crippen LogP contribution in [0.3, 0.4) is 0 Å². The summed E-state index contributed by atoms with van der Waals surface area (Å²) in [5.41, 5.74) is 0.671. The lowest BCUT2D eigenvalue weighted by Crippen LogP contribution is -2.49. The van der Waals surface area contributed by atoms with Crippen LogP contribution >= 0.6 is 0 Å². The Morgan fingerprint density at radius 1 is 1.19 bits per heavy atom. The first kappa shape index (κ1) is 23.3. The van der Waals surface area contributed by atoms with Crippen molar-refractivity contribution in [1.29, 1.82) is 0 Å². The molecular formula is C22H32N4O5. The molecule has 31 heavy (non-hydrogen) atoms. The summed E-state index contributed by atoms with van der Waals surface area (Å²) in [6.45, 7) is 4.73. The topological polar surface area (TPSA) is 113 Å². The van der Waals surface area contributed by atoms with Crippen molar-refractivity contribution in [3.8, 4) is 0 Å². The van der Waals surface area contributed by atoms with Crippen LogP contribution in [0, 0.1) is 0 Å². The Morgan fingerprint density at radius 3 is 2.77 bits per heavy atom. The van der Waals surface area contributed by atoms with E-state index in [2.05, 4.69) is 20.5 Å². The Kier molecular flexibility index (Phi) is 9.41. The highest BCUT2D eigenvalue weighted by Gasteiger charge is 2.29. The van der Waals surface area contributed by atoms with E-state index < -0.39 is 18.2 Å². The molecule has 9 nitrogen and oxygen atoms in total. The number of pyridine rings is 1. The highest BCUT2D eigenvalue weighted by Crippen LogP contribution is 2.16. The number of carbonyl (C=O) groups is 2. The van der Waals surface area contributed by atoms with Gasteiger partial charge in [0.1, 0.15) is 6.10 Å². The van der Waals surface area contributed by atoms with E-state index in [1.165, 1.54) is 0 Å². The van der Waals surface area contributed by atoms with Gasteiger partial charge in [-0.05, 0) is 25.1 Å². The molecule has 0 unspecified atom stereocenters. The van der Waals surface area contributed by atoms with E-state index in [0.29, 0.717) is 12.2 Å². The first-order valence-corrected chi connectivity index (χ1v) is 10.8. The standard InChI is InChI=1S/C22H32N4O5/c27-16-20-19(25-22(29)14-17-4-1-2-7-23-17)6-5-18(31-20)15-21(28)24-8-3-9-26-10-12-30-13-11-26/h1-2,4-7,18-20,27H,3,8-16H2,(H,24,28)(H,25,29)/t18-,19+,20+/m1/s1. The summed E-state index contributed by atoms with van der Waals surface area (Å²) >= 11 is 0. The lowest BCUT2D eigenvalue weighted by molar-refractivity contribution is -0.128. The summed E-state index contributed by atoms with van der Waals surface area (Å²) in [4.78, 5) is 31.0. The van der Waals surface area contributed by atoms with Crippen LogP contribution in [-0.2, 0) is 25.5 Å². The Morgan fingerprint density at radius 2 is 2.03 bits per heavy atom.